The summed E-state index contributed by atoms with van der Waals surface area (Å²) >= 11 is 0. The number of benzene rings is 1. The van der Waals surface area contributed by atoms with Crippen molar-refractivity contribution in [3.8, 4) is 17.1 Å². The minimum absolute atomic E-state index is 0.0863. The average Bonchev–Trinajstić information content (AvgIpc) is 2.69. The van der Waals surface area contributed by atoms with Gasteiger partial charge in [0.25, 0.3) is 5.56 Å². The van der Waals surface area contributed by atoms with Crippen molar-refractivity contribution < 1.29 is 4.79 Å². The van der Waals surface area contributed by atoms with E-state index in [4.69, 9.17) is 4.98 Å². The van der Waals surface area contributed by atoms with E-state index < -0.39 is 0 Å². The van der Waals surface area contributed by atoms with E-state index in [0.717, 1.165) is 29.7 Å². The largest absolute Gasteiger partial charge is 0.295 e. The summed E-state index contributed by atoms with van der Waals surface area (Å²) in [6.07, 6.45) is 7.08. The summed E-state index contributed by atoms with van der Waals surface area (Å²) in [5.41, 5.74) is 2.69. The fourth-order valence-electron chi connectivity index (χ4n) is 3.16. The van der Waals surface area contributed by atoms with Crippen molar-refractivity contribution in [2.24, 2.45) is 0 Å². The third-order valence-corrected chi connectivity index (χ3v) is 4.39. The molecule has 5 nitrogen and oxygen atoms in total. The predicted molar refractivity (Wildman–Crippen MR) is 99.9 cm³/mol. The number of aromatic nitrogens is 3. The lowest BCUT2D eigenvalue weighted by atomic mass is 9.96. The fourth-order valence-corrected chi connectivity index (χ4v) is 3.16. The van der Waals surface area contributed by atoms with E-state index in [1.807, 2.05) is 42.5 Å². The molecule has 0 saturated heterocycles. The third kappa shape index (κ3) is 3.11. The quantitative estimate of drug-likeness (QED) is 0.731. The Balaban J connectivity index is 1.96. The minimum Gasteiger partial charge on any atom is -0.295 e. The van der Waals surface area contributed by atoms with Crippen molar-refractivity contribution in [1.82, 2.24) is 14.5 Å². The Labute approximate surface area is 150 Å². The molecule has 0 radical (unpaired) electrons. The van der Waals surface area contributed by atoms with Gasteiger partial charge in [-0.2, -0.15) is 0 Å². The SMILES string of the molecule is O=C1C=C(c2cc(=O)n(-c3ccccc3)c(-c3cccnc3)n2)CCC1. The van der Waals surface area contributed by atoms with Crippen LogP contribution in [0.25, 0.3) is 22.6 Å². The summed E-state index contributed by atoms with van der Waals surface area (Å²) in [5, 5.41) is 0. The Bertz CT molecular complexity index is 1040. The van der Waals surface area contributed by atoms with Gasteiger partial charge >= 0.3 is 0 Å². The van der Waals surface area contributed by atoms with Crippen LogP contribution in [0.2, 0.25) is 0 Å². The van der Waals surface area contributed by atoms with Gasteiger partial charge in [-0.1, -0.05) is 18.2 Å². The minimum atomic E-state index is -0.182. The topological polar surface area (TPSA) is 64.8 Å². The number of hydrogen-bond acceptors (Lipinski definition) is 4. The molecule has 0 saturated carbocycles. The van der Waals surface area contributed by atoms with Crippen molar-refractivity contribution in [1.29, 1.82) is 0 Å². The third-order valence-electron chi connectivity index (χ3n) is 4.39. The van der Waals surface area contributed by atoms with Gasteiger partial charge in [0.1, 0.15) is 5.82 Å². The second-order valence-corrected chi connectivity index (χ2v) is 6.21. The molecular weight excluding hydrogens is 326 g/mol. The van der Waals surface area contributed by atoms with Gasteiger partial charge in [0.15, 0.2) is 5.78 Å². The van der Waals surface area contributed by atoms with E-state index in [1.165, 1.54) is 6.07 Å². The Kier molecular flexibility index (Phi) is 4.27. The first kappa shape index (κ1) is 16.1. The molecule has 5 heteroatoms. The maximum atomic E-state index is 12.9. The summed E-state index contributed by atoms with van der Waals surface area (Å²) in [7, 11) is 0. The molecule has 1 aliphatic carbocycles. The Hall–Kier alpha value is -3.34. The van der Waals surface area contributed by atoms with Gasteiger partial charge in [-0.25, -0.2) is 4.98 Å². The molecule has 26 heavy (non-hydrogen) atoms. The van der Waals surface area contributed by atoms with Crippen molar-refractivity contribution in [3.05, 3.63) is 83.0 Å². The fraction of sp³-hybridized carbons (Fsp3) is 0.143. The molecule has 1 aliphatic rings. The molecule has 0 atom stereocenters. The number of carbonyl (C=O) groups excluding carboxylic acids is 1. The Morgan fingerprint density at radius 2 is 1.81 bits per heavy atom. The number of ketones is 1. The molecule has 0 spiro atoms. The van der Waals surface area contributed by atoms with Crippen molar-refractivity contribution in [2.75, 3.05) is 0 Å². The highest BCUT2D eigenvalue weighted by molar-refractivity contribution is 5.98. The van der Waals surface area contributed by atoms with E-state index in [-0.39, 0.29) is 11.3 Å². The number of nitrogens with zero attached hydrogens (tertiary/aromatic N) is 3. The van der Waals surface area contributed by atoms with Crippen LogP contribution >= 0.6 is 0 Å². The smallest absolute Gasteiger partial charge is 0.258 e. The first-order chi connectivity index (χ1) is 12.7. The van der Waals surface area contributed by atoms with E-state index in [0.29, 0.717) is 17.9 Å². The van der Waals surface area contributed by atoms with Crippen molar-refractivity contribution >= 4 is 11.4 Å². The van der Waals surface area contributed by atoms with Gasteiger partial charge < -0.3 is 0 Å². The van der Waals surface area contributed by atoms with Gasteiger partial charge in [0.05, 0.1) is 11.4 Å². The van der Waals surface area contributed by atoms with Crippen LogP contribution in [-0.4, -0.2) is 20.3 Å². The van der Waals surface area contributed by atoms with E-state index in [1.54, 1.807) is 23.0 Å². The van der Waals surface area contributed by atoms with Crippen LogP contribution in [0.5, 0.6) is 0 Å². The highest BCUT2D eigenvalue weighted by Gasteiger charge is 2.17. The number of carbonyl (C=O) groups is 1. The standard InChI is InChI=1S/C21H17N3O2/c25-18-10-4-6-15(12-18)19-13-20(26)24(17-8-2-1-3-9-17)21(23-19)16-7-5-11-22-14-16/h1-3,5,7-9,11-14H,4,6,10H2. The van der Waals surface area contributed by atoms with E-state index in [9.17, 15) is 9.59 Å². The molecule has 2 aromatic heterocycles. The van der Waals surface area contributed by atoms with Gasteiger partial charge in [-0.15, -0.1) is 0 Å². The van der Waals surface area contributed by atoms with Gasteiger partial charge in [-0.05, 0) is 48.8 Å². The number of allylic oxidation sites excluding steroid dienone is 2. The maximum Gasteiger partial charge on any atom is 0.258 e. The van der Waals surface area contributed by atoms with Crippen LogP contribution in [0, 0.1) is 0 Å². The zero-order chi connectivity index (χ0) is 17.9. The number of para-hydroxylation sites is 1. The average molecular weight is 343 g/mol. The van der Waals surface area contributed by atoms with Gasteiger partial charge in [0, 0.05) is 30.4 Å². The lowest BCUT2D eigenvalue weighted by Gasteiger charge is -2.16. The summed E-state index contributed by atoms with van der Waals surface area (Å²) in [6, 6.07) is 14.6. The normalized spacial score (nSPS) is 14.2. The molecular formula is C21H17N3O2. The van der Waals surface area contributed by atoms with E-state index in [2.05, 4.69) is 4.98 Å². The molecule has 3 aromatic rings. The van der Waals surface area contributed by atoms with Gasteiger partial charge in [0.2, 0.25) is 0 Å². The monoisotopic (exact) mass is 343 g/mol. The lowest BCUT2D eigenvalue weighted by molar-refractivity contribution is -0.114. The lowest BCUT2D eigenvalue weighted by Crippen LogP contribution is -2.22. The van der Waals surface area contributed by atoms with Crippen LogP contribution in [0.15, 0.2) is 71.8 Å². The molecule has 0 bridgehead atoms. The zero-order valence-electron chi connectivity index (χ0n) is 14.1. The predicted octanol–water partition coefficient (Wildman–Crippen LogP) is 3.43. The second kappa shape index (κ2) is 6.88. The summed E-state index contributed by atoms with van der Waals surface area (Å²) in [4.78, 5) is 33.6. The van der Waals surface area contributed by atoms with Crippen LogP contribution in [0.1, 0.15) is 25.0 Å². The van der Waals surface area contributed by atoms with Crippen LogP contribution in [0.3, 0.4) is 0 Å². The van der Waals surface area contributed by atoms with Gasteiger partial charge in [-0.3, -0.25) is 19.1 Å². The highest BCUT2D eigenvalue weighted by atomic mass is 16.1. The van der Waals surface area contributed by atoms with Crippen molar-refractivity contribution in [2.45, 2.75) is 19.3 Å². The number of rotatable bonds is 3. The molecule has 0 aliphatic heterocycles. The number of pyridine rings is 1. The molecule has 128 valence electrons. The van der Waals surface area contributed by atoms with Crippen LogP contribution in [0.4, 0.5) is 0 Å². The first-order valence-corrected chi connectivity index (χ1v) is 8.56. The molecule has 0 N–H and O–H groups in total. The zero-order valence-corrected chi connectivity index (χ0v) is 14.1. The second-order valence-electron chi connectivity index (χ2n) is 6.21. The molecule has 0 amide bonds. The molecule has 1 aromatic carbocycles. The van der Waals surface area contributed by atoms with Crippen LogP contribution < -0.4 is 5.56 Å². The van der Waals surface area contributed by atoms with Crippen LogP contribution in [-0.2, 0) is 4.79 Å². The van der Waals surface area contributed by atoms with Crippen molar-refractivity contribution in [3.63, 3.8) is 0 Å². The molecule has 0 fully saturated rings. The van der Waals surface area contributed by atoms with E-state index >= 15 is 0 Å². The summed E-state index contributed by atoms with van der Waals surface area (Å²) in [6.45, 7) is 0. The number of hydrogen-bond donors (Lipinski definition) is 0. The maximum absolute atomic E-state index is 12.9. The first-order valence-electron chi connectivity index (χ1n) is 8.56. The molecule has 0 unspecified atom stereocenters. The Morgan fingerprint density at radius 3 is 2.54 bits per heavy atom. The molecule has 2 heterocycles. The summed E-state index contributed by atoms with van der Waals surface area (Å²) < 4.78 is 1.58. The highest BCUT2D eigenvalue weighted by Crippen LogP contribution is 2.26. The Morgan fingerprint density at radius 1 is 0.962 bits per heavy atom. The molecule has 4 rings (SSSR count). The summed E-state index contributed by atoms with van der Waals surface area (Å²) in [5.74, 6) is 0.605.